The molecule has 0 saturated heterocycles. The highest BCUT2D eigenvalue weighted by Crippen LogP contribution is 2.19. The van der Waals surface area contributed by atoms with E-state index in [1.807, 2.05) is 6.20 Å². The summed E-state index contributed by atoms with van der Waals surface area (Å²) in [5.41, 5.74) is 4.71. The molecule has 6 aromatic rings. The molecule has 6 rings (SSSR count). The zero-order chi connectivity index (χ0) is 32.2. The van der Waals surface area contributed by atoms with E-state index in [1.54, 1.807) is 0 Å². The van der Waals surface area contributed by atoms with Gasteiger partial charge in [0.15, 0.2) is 8.07 Å². The van der Waals surface area contributed by atoms with Gasteiger partial charge in [0.25, 0.3) is 0 Å². The normalized spacial score (nSPS) is 11.7. The van der Waals surface area contributed by atoms with E-state index in [2.05, 4.69) is 169 Å². The van der Waals surface area contributed by atoms with Gasteiger partial charge in [-0.05, 0) is 45.2 Å². The van der Waals surface area contributed by atoms with Crippen LogP contribution in [0.15, 0.2) is 158 Å². The van der Waals surface area contributed by atoms with Gasteiger partial charge in [0.2, 0.25) is 7.28 Å². The minimum Gasteiger partial charge on any atom is -0.494 e. The smallest absolute Gasteiger partial charge is 0.239 e. The third kappa shape index (κ3) is 7.93. The third-order valence-electron chi connectivity index (χ3n) is 8.99. The summed E-state index contributed by atoms with van der Waals surface area (Å²) in [6.45, 7) is 3.00. The van der Waals surface area contributed by atoms with Gasteiger partial charge in [-0.2, -0.15) is 0 Å². The van der Waals surface area contributed by atoms with Gasteiger partial charge in [0, 0.05) is 18.6 Å². The first kappa shape index (κ1) is 32.1. The minimum atomic E-state index is -2.59. The Balaban J connectivity index is 1.40. The number of hydrogen-bond donors (Lipinski definition) is 0. The van der Waals surface area contributed by atoms with Gasteiger partial charge in [0.1, 0.15) is 5.75 Å². The molecular weight excluding hydrogens is 587 g/mol. The lowest BCUT2D eigenvalue weighted by Gasteiger charge is -2.34. The van der Waals surface area contributed by atoms with Crippen LogP contribution in [-0.2, 0) is 6.17 Å². The van der Waals surface area contributed by atoms with E-state index in [0.29, 0.717) is 0 Å². The van der Waals surface area contributed by atoms with E-state index in [4.69, 9.17) is 9.72 Å². The van der Waals surface area contributed by atoms with Crippen molar-refractivity contribution >= 4 is 48.2 Å². The maximum atomic E-state index is 6.19. The summed E-state index contributed by atoms with van der Waals surface area (Å²) in [6.07, 6.45) is 12.1. The number of unbranched alkanes of at least 4 members (excludes halogenated alkanes) is 3. The minimum absolute atomic E-state index is 0.727. The molecule has 0 aliphatic heterocycles. The highest BCUT2D eigenvalue weighted by molar-refractivity contribution is 7.10. The molecule has 0 aliphatic rings. The fraction of sp³-hybridized carbons (Fsp3) is 0.167. The van der Waals surface area contributed by atoms with Crippen LogP contribution in [-0.4, -0.2) is 31.5 Å². The van der Waals surface area contributed by atoms with Crippen LogP contribution in [0.25, 0.3) is 11.5 Å². The first-order chi connectivity index (χ1) is 23.3. The Hall–Kier alpha value is -4.87. The molecule has 0 amide bonds. The van der Waals surface area contributed by atoms with Gasteiger partial charge in [-0.1, -0.05) is 171 Å². The van der Waals surface area contributed by atoms with Crippen molar-refractivity contribution in [2.24, 2.45) is 0 Å². The summed E-state index contributed by atoms with van der Waals surface area (Å²) in [7, 11) is -1.86. The van der Waals surface area contributed by atoms with E-state index in [9.17, 15) is 0 Å². The van der Waals surface area contributed by atoms with Crippen LogP contribution in [0.5, 0.6) is 5.75 Å². The van der Waals surface area contributed by atoms with Crippen LogP contribution in [0, 0.1) is 0 Å². The standard InChI is InChI=1S/C42H43BN2OSi/c1-2-3-4-17-32-46-37-26-28-40(29-27-37)47(38-22-13-7-14-23-38,39-24-15-8-16-25-39)34-45-31-30-44-42(45)43-41(36-20-11-6-12-21-36)33-35-18-9-5-10-19-35/h5-16,18-31,33,43H,2-4,17,32,34H2,1H3. The first-order valence-electron chi connectivity index (χ1n) is 16.9. The summed E-state index contributed by atoms with van der Waals surface area (Å²) >= 11 is 0. The Morgan fingerprint density at radius 1 is 0.681 bits per heavy atom. The lowest BCUT2D eigenvalue weighted by molar-refractivity contribution is 0.305. The van der Waals surface area contributed by atoms with E-state index in [-0.39, 0.29) is 0 Å². The van der Waals surface area contributed by atoms with Crippen molar-refractivity contribution in [1.82, 2.24) is 9.55 Å². The summed E-state index contributed by atoms with van der Waals surface area (Å²) in [6, 6.07) is 52.5. The van der Waals surface area contributed by atoms with Crippen molar-refractivity contribution in [2.75, 3.05) is 6.61 Å². The Bertz CT molecular complexity index is 1780. The maximum absolute atomic E-state index is 6.19. The fourth-order valence-corrected chi connectivity index (χ4v) is 11.1. The molecule has 0 N–H and O–H groups in total. The number of rotatable bonds is 15. The Morgan fingerprint density at radius 3 is 1.87 bits per heavy atom. The lowest BCUT2D eigenvalue weighted by atomic mass is 9.65. The van der Waals surface area contributed by atoms with Crippen LogP contribution >= 0.6 is 0 Å². The lowest BCUT2D eigenvalue weighted by Crippen LogP contribution is -2.70. The molecule has 0 atom stereocenters. The molecule has 5 heteroatoms. The molecule has 0 aliphatic carbocycles. The second kappa shape index (κ2) is 16.1. The molecular formula is C42H43BN2OSi. The number of benzene rings is 5. The SMILES string of the molecule is CCCCCCOc1ccc([Si](Cn2ccnc2BC(=Cc2ccccc2)c2ccccc2)(c2ccccc2)c2ccccc2)cc1. The molecule has 3 nitrogen and oxygen atoms in total. The second-order valence-corrected chi connectivity index (χ2v) is 16.0. The molecule has 1 aromatic heterocycles. The van der Waals surface area contributed by atoms with Crippen molar-refractivity contribution in [3.8, 4) is 5.75 Å². The predicted molar refractivity (Wildman–Crippen MR) is 203 cm³/mol. The van der Waals surface area contributed by atoms with Crippen LogP contribution in [0.2, 0.25) is 0 Å². The highest BCUT2D eigenvalue weighted by atomic mass is 28.3. The van der Waals surface area contributed by atoms with E-state index in [1.165, 1.54) is 51.4 Å². The summed E-state index contributed by atoms with van der Waals surface area (Å²) in [5, 5.41) is 4.11. The van der Waals surface area contributed by atoms with Gasteiger partial charge in [-0.25, -0.2) is 0 Å². The predicted octanol–water partition coefficient (Wildman–Crippen LogP) is 6.81. The monoisotopic (exact) mass is 630 g/mol. The van der Waals surface area contributed by atoms with Gasteiger partial charge in [-0.3, -0.25) is 4.98 Å². The van der Waals surface area contributed by atoms with E-state index >= 15 is 0 Å². The van der Waals surface area contributed by atoms with Crippen molar-refractivity contribution in [3.05, 3.63) is 169 Å². The quantitative estimate of drug-likeness (QED) is 0.0540. The molecule has 0 radical (unpaired) electrons. The van der Waals surface area contributed by atoms with Crippen molar-refractivity contribution in [3.63, 3.8) is 0 Å². The zero-order valence-electron chi connectivity index (χ0n) is 27.3. The summed E-state index contributed by atoms with van der Waals surface area (Å²) in [5.74, 6) is 0.941. The Morgan fingerprint density at radius 2 is 1.26 bits per heavy atom. The van der Waals surface area contributed by atoms with Crippen molar-refractivity contribution in [1.29, 1.82) is 0 Å². The molecule has 1 heterocycles. The molecule has 47 heavy (non-hydrogen) atoms. The average molecular weight is 631 g/mol. The number of nitrogens with zero attached hydrogens (tertiary/aromatic N) is 2. The molecule has 0 unspecified atom stereocenters. The maximum Gasteiger partial charge on any atom is 0.239 e. The van der Waals surface area contributed by atoms with Crippen LogP contribution in [0.1, 0.15) is 43.7 Å². The van der Waals surface area contributed by atoms with Crippen LogP contribution in [0.3, 0.4) is 0 Å². The van der Waals surface area contributed by atoms with Gasteiger partial charge >= 0.3 is 0 Å². The molecule has 234 valence electrons. The van der Waals surface area contributed by atoms with Gasteiger partial charge in [0.05, 0.1) is 12.3 Å². The fourth-order valence-electron chi connectivity index (χ4n) is 6.49. The van der Waals surface area contributed by atoms with Gasteiger partial charge in [-0.15, -0.1) is 0 Å². The molecule has 0 bridgehead atoms. The van der Waals surface area contributed by atoms with E-state index < -0.39 is 8.07 Å². The van der Waals surface area contributed by atoms with Crippen molar-refractivity contribution < 1.29 is 4.74 Å². The Kier molecular flexibility index (Phi) is 11.0. The molecule has 0 saturated carbocycles. The summed E-state index contributed by atoms with van der Waals surface area (Å²) in [4.78, 5) is 4.98. The molecule has 0 fully saturated rings. The highest BCUT2D eigenvalue weighted by Gasteiger charge is 2.40. The van der Waals surface area contributed by atoms with Crippen molar-refractivity contribution in [2.45, 2.75) is 38.8 Å². The number of imidazole rings is 1. The first-order valence-corrected chi connectivity index (χ1v) is 19.1. The summed E-state index contributed by atoms with van der Waals surface area (Å²) < 4.78 is 8.59. The third-order valence-corrected chi connectivity index (χ3v) is 13.8. The van der Waals surface area contributed by atoms with Gasteiger partial charge < -0.3 is 9.30 Å². The zero-order valence-corrected chi connectivity index (χ0v) is 28.3. The van der Waals surface area contributed by atoms with E-state index in [0.717, 1.165) is 37.9 Å². The topological polar surface area (TPSA) is 27.1 Å². The second-order valence-electron chi connectivity index (χ2n) is 12.2. The number of ether oxygens (including phenoxy) is 1. The average Bonchev–Trinajstić information content (AvgIpc) is 3.58. The Labute approximate surface area is 281 Å². The largest absolute Gasteiger partial charge is 0.494 e. The van der Waals surface area contributed by atoms with Crippen LogP contribution < -0.4 is 26.0 Å². The molecule has 0 spiro atoms. The number of aromatic nitrogens is 2. The molecule has 5 aromatic carbocycles. The van der Waals surface area contributed by atoms with Crippen LogP contribution in [0.4, 0.5) is 0 Å². The number of hydrogen-bond acceptors (Lipinski definition) is 2.